The van der Waals surface area contributed by atoms with Crippen LogP contribution in [0.15, 0.2) is 42.5 Å². The second-order valence-corrected chi connectivity index (χ2v) is 5.40. The van der Waals surface area contributed by atoms with Gasteiger partial charge in [0.2, 0.25) is 0 Å². The second-order valence-electron chi connectivity index (χ2n) is 4.99. The molecule has 4 heteroatoms. The molecular formula is C16H20N2OS. The number of rotatable bonds is 4. The molecule has 2 aromatic carbocycles. The molecule has 0 saturated carbocycles. The number of nitrogens with one attached hydrogen (secondary N) is 2. The van der Waals surface area contributed by atoms with Gasteiger partial charge in [-0.3, -0.25) is 0 Å². The molecule has 0 spiro atoms. The van der Waals surface area contributed by atoms with Gasteiger partial charge in [0.05, 0.1) is 12.6 Å². The SMILES string of the molecule is C[C@@H](CO)NC(=S)N[C@H](C)c1cccc2ccccc12. The van der Waals surface area contributed by atoms with Crippen LogP contribution in [0.5, 0.6) is 0 Å². The number of fused-ring (bicyclic) bond motifs is 1. The van der Waals surface area contributed by atoms with E-state index < -0.39 is 0 Å². The summed E-state index contributed by atoms with van der Waals surface area (Å²) in [6.07, 6.45) is 0. The average molecular weight is 288 g/mol. The Bertz CT molecular complexity index is 595. The van der Waals surface area contributed by atoms with Gasteiger partial charge in [0.15, 0.2) is 5.11 Å². The van der Waals surface area contributed by atoms with Crippen LogP contribution in [0.3, 0.4) is 0 Å². The first-order valence-corrected chi connectivity index (χ1v) is 7.18. The highest BCUT2D eigenvalue weighted by atomic mass is 32.1. The largest absolute Gasteiger partial charge is 0.394 e. The zero-order chi connectivity index (χ0) is 14.5. The third-order valence-corrected chi connectivity index (χ3v) is 3.52. The maximum Gasteiger partial charge on any atom is 0.167 e. The lowest BCUT2D eigenvalue weighted by atomic mass is 10.00. The first-order chi connectivity index (χ1) is 9.61. The maximum atomic E-state index is 9.03. The van der Waals surface area contributed by atoms with Crippen LogP contribution >= 0.6 is 12.2 Å². The zero-order valence-electron chi connectivity index (χ0n) is 11.8. The van der Waals surface area contributed by atoms with Crippen LogP contribution in [0.2, 0.25) is 0 Å². The van der Waals surface area contributed by atoms with Crippen molar-refractivity contribution in [3.8, 4) is 0 Å². The molecule has 0 unspecified atom stereocenters. The summed E-state index contributed by atoms with van der Waals surface area (Å²) in [4.78, 5) is 0. The van der Waals surface area contributed by atoms with Gasteiger partial charge in [0.25, 0.3) is 0 Å². The molecule has 0 amide bonds. The molecule has 0 bridgehead atoms. The molecular weight excluding hydrogens is 268 g/mol. The molecule has 0 aromatic heterocycles. The Hall–Kier alpha value is -1.65. The molecule has 0 aliphatic heterocycles. The van der Waals surface area contributed by atoms with Gasteiger partial charge < -0.3 is 15.7 Å². The Kier molecular flexibility index (Phi) is 4.93. The molecule has 0 fully saturated rings. The van der Waals surface area contributed by atoms with Crippen molar-refractivity contribution < 1.29 is 5.11 Å². The number of thiocarbonyl (C=S) groups is 1. The topological polar surface area (TPSA) is 44.3 Å². The summed E-state index contributed by atoms with van der Waals surface area (Å²) in [5.41, 5.74) is 1.21. The predicted octanol–water partition coefficient (Wildman–Crippen LogP) is 2.75. The quantitative estimate of drug-likeness (QED) is 0.757. The summed E-state index contributed by atoms with van der Waals surface area (Å²) in [5, 5.41) is 18.4. The molecule has 0 aliphatic rings. The van der Waals surface area contributed by atoms with Crippen LogP contribution in [0.1, 0.15) is 25.5 Å². The summed E-state index contributed by atoms with van der Waals surface area (Å²) < 4.78 is 0. The lowest BCUT2D eigenvalue weighted by Crippen LogP contribution is -2.42. The standard InChI is InChI=1S/C16H20N2OS/c1-11(10-19)17-16(20)18-12(2)14-9-5-7-13-6-3-4-8-15(13)14/h3-9,11-12,19H,10H2,1-2H3,(H2,17,18,20)/t11-,12+/m0/s1. The van der Waals surface area contributed by atoms with E-state index >= 15 is 0 Å². The van der Waals surface area contributed by atoms with E-state index in [1.807, 2.05) is 19.1 Å². The minimum atomic E-state index is -0.0466. The number of benzene rings is 2. The van der Waals surface area contributed by atoms with E-state index in [-0.39, 0.29) is 18.7 Å². The Morgan fingerprint density at radius 1 is 1.10 bits per heavy atom. The molecule has 2 rings (SSSR count). The van der Waals surface area contributed by atoms with Crippen molar-refractivity contribution in [3.63, 3.8) is 0 Å². The molecule has 0 saturated heterocycles. The first-order valence-electron chi connectivity index (χ1n) is 6.77. The number of hydrogen-bond donors (Lipinski definition) is 3. The van der Waals surface area contributed by atoms with E-state index in [1.165, 1.54) is 16.3 Å². The Labute approximate surface area is 125 Å². The van der Waals surface area contributed by atoms with Gasteiger partial charge in [-0.2, -0.15) is 0 Å². The van der Waals surface area contributed by atoms with Gasteiger partial charge >= 0.3 is 0 Å². The van der Waals surface area contributed by atoms with Gasteiger partial charge in [-0.15, -0.1) is 0 Å². The minimum absolute atomic E-state index is 0.0466. The normalized spacial score (nSPS) is 13.8. The van der Waals surface area contributed by atoms with Crippen molar-refractivity contribution >= 4 is 28.1 Å². The third kappa shape index (κ3) is 3.46. The van der Waals surface area contributed by atoms with E-state index in [1.54, 1.807) is 0 Å². The Morgan fingerprint density at radius 3 is 2.55 bits per heavy atom. The fraction of sp³-hybridized carbons (Fsp3) is 0.312. The van der Waals surface area contributed by atoms with E-state index in [0.717, 1.165) is 0 Å². The van der Waals surface area contributed by atoms with Crippen LogP contribution < -0.4 is 10.6 Å². The van der Waals surface area contributed by atoms with Crippen molar-refractivity contribution in [1.82, 2.24) is 10.6 Å². The number of aliphatic hydroxyl groups is 1. The monoisotopic (exact) mass is 288 g/mol. The van der Waals surface area contributed by atoms with Gasteiger partial charge in [0.1, 0.15) is 0 Å². The van der Waals surface area contributed by atoms with Crippen LogP contribution in [-0.4, -0.2) is 22.9 Å². The van der Waals surface area contributed by atoms with Crippen molar-refractivity contribution in [2.45, 2.75) is 25.9 Å². The Morgan fingerprint density at radius 2 is 1.80 bits per heavy atom. The van der Waals surface area contributed by atoms with E-state index in [9.17, 15) is 0 Å². The molecule has 106 valence electrons. The summed E-state index contributed by atoms with van der Waals surface area (Å²) in [6.45, 7) is 4.03. The van der Waals surface area contributed by atoms with Crippen molar-refractivity contribution in [1.29, 1.82) is 0 Å². The van der Waals surface area contributed by atoms with Gasteiger partial charge in [0, 0.05) is 6.04 Å². The fourth-order valence-corrected chi connectivity index (χ4v) is 2.59. The Balaban J connectivity index is 2.15. The molecule has 2 atom stereocenters. The number of hydrogen-bond acceptors (Lipinski definition) is 2. The third-order valence-electron chi connectivity index (χ3n) is 3.29. The van der Waals surface area contributed by atoms with Crippen molar-refractivity contribution in [2.75, 3.05) is 6.61 Å². The summed E-state index contributed by atoms with van der Waals surface area (Å²) >= 11 is 5.26. The number of aliphatic hydroxyl groups excluding tert-OH is 1. The lowest BCUT2D eigenvalue weighted by molar-refractivity contribution is 0.264. The van der Waals surface area contributed by atoms with E-state index in [4.69, 9.17) is 17.3 Å². The second kappa shape index (κ2) is 6.68. The van der Waals surface area contributed by atoms with Crippen LogP contribution in [0.25, 0.3) is 10.8 Å². The van der Waals surface area contributed by atoms with Gasteiger partial charge in [-0.05, 0) is 42.4 Å². The molecule has 0 aliphatic carbocycles. The predicted molar refractivity (Wildman–Crippen MR) is 87.8 cm³/mol. The molecule has 0 radical (unpaired) electrons. The summed E-state index contributed by atoms with van der Waals surface area (Å²) in [6, 6.07) is 14.6. The van der Waals surface area contributed by atoms with Crippen LogP contribution in [-0.2, 0) is 0 Å². The van der Waals surface area contributed by atoms with Crippen molar-refractivity contribution in [3.05, 3.63) is 48.0 Å². The molecule has 0 heterocycles. The van der Waals surface area contributed by atoms with Crippen LogP contribution in [0, 0.1) is 0 Å². The molecule has 20 heavy (non-hydrogen) atoms. The van der Waals surface area contributed by atoms with Gasteiger partial charge in [-0.25, -0.2) is 0 Å². The lowest BCUT2D eigenvalue weighted by Gasteiger charge is -2.21. The average Bonchev–Trinajstić information content (AvgIpc) is 2.46. The molecule has 3 nitrogen and oxygen atoms in total. The first kappa shape index (κ1) is 14.8. The smallest absolute Gasteiger partial charge is 0.167 e. The maximum absolute atomic E-state index is 9.03. The zero-order valence-corrected chi connectivity index (χ0v) is 12.6. The highest BCUT2D eigenvalue weighted by molar-refractivity contribution is 7.80. The van der Waals surface area contributed by atoms with Gasteiger partial charge in [-0.1, -0.05) is 42.5 Å². The van der Waals surface area contributed by atoms with E-state index in [0.29, 0.717) is 5.11 Å². The summed E-state index contributed by atoms with van der Waals surface area (Å²) in [7, 11) is 0. The highest BCUT2D eigenvalue weighted by Gasteiger charge is 2.11. The molecule has 2 aromatic rings. The van der Waals surface area contributed by atoms with Crippen LogP contribution in [0.4, 0.5) is 0 Å². The van der Waals surface area contributed by atoms with Crippen molar-refractivity contribution in [2.24, 2.45) is 0 Å². The summed E-state index contributed by atoms with van der Waals surface area (Å²) in [5.74, 6) is 0. The van der Waals surface area contributed by atoms with E-state index in [2.05, 4.69) is 47.9 Å². The molecule has 3 N–H and O–H groups in total. The highest BCUT2D eigenvalue weighted by Crippen LogP contribution is 2.23. The fourth-order valence-electron chi connectivity index (χ4n) is 2.21. The minimum Gasteiger partial charge on any atom is -0.394 e.